The topological polar surface area (TPSA) is 112 Å². The highest BCUT2D eigenvalue weighted by Crippen LogP contribution is 2.25. The number of hydrogen-bond acceptors (Lipinski definition) is 5. The zero-order valence-corrected chi connectivity index (χ0v) is 17.3. The van der Waals surface area contributed by atoms with Crippen molar-refractivity contribution in [1.82, 2.24) is 4.98 Å². The summed E-state index contributed by atoms with van der Waals surface area (Å²) in [5.41, 5.74) is 1.92. The molecule has 3 aromatic carbocycles. The van der Waals surface area contributed by atoms with E-state index >= 15 is 0 Å². The average Bonchev–Trinajstić information content (AvgIpc) is 3.14. The number of anilines is 2. The Bertz CT molecular complexity index is 1410. The summed E-state index contributed by atoms with van der Waals surface area (Å²) in [5.74, 6) is -1.06. The molecule has 0 atom stereocenters. The molecule has 1 heterocycles. The third-order valence-electron chi connectivity index (χ3n) is 4.69. The molecule has 0 unspecified atom stereocenters. The van der Waals surface area contributed by atoms with Crippen molar-refractivity contribution >= 4 is 38.4 Å². The van der Waals surface area contributed by atoms with E-state index in [0.717, 1.165) is 0 Å². The second-order valence-corrected chi connectivity index (χ2v) is 8.58. The normalized spacial score (nSPS) is 11.4. The van der Waals surface area contributed by atoms with Crippen LogP contribution in [0, 0.1) is 0 Å². The number of fused-ring (bicyclic) bond motifs is 1. The third kappa shape index (κ3) is 4.08. The number of carbonyl (C=O) groups is 1. The first-order valence-corrected chi connectivity index (χ1v) is 10.9. The molecule has 31 heavy (non-hydrogen) atoms. The van der Waals surface area contributed by atoms with Gasteiger partial charge in [-0.05, 0) is 55.5 Å². The monoisotopic (exact) mass is 437 g/mol. The fourth-order valence-corrected chi connectivity index (χ4v) is 4.76. The van der Waals surface area contributed by atoms with Crippen molar-refractivity contribution < 1.29 is 17.6 Å². The minimum Gasteiger partial charge on any atom is -0.408 e. The van der Waals surface area contributed by atoms with Crippen molar-refractivity contribution in [3.8, 4) is 0 Å². The van der Waals surface area contributed by atoms with Gasteiger partial charge in [0.2, 0.25) is 0 Å². The Labute approximate surface area is 178 Å². The highest BCUT2D eigenvalue weighted by atomic mass is 32.2. The number of sulfonamides is 1. The summed E-state index contributed by atoms with van der Waals surface area (Å²) in [4.78, 5) is 26.5. The Hall–Kier alpha value is -3.85. The van der Waals surface area contributed by atoms with Gasteiger partial charge in [-0.3, -0.25) is 14.1 Å². The predicted molar refractivity (Wildman–Crippen MR) is 118 cm³/mol. The number of nitrogens with zero attached hydrogens (tertiary/aromatic N) is 1. The molecule has 0 aliphatic carbocycles. The molecule has 2 N–H and O–H groups in total. The number of nitrogens with one attached hydrogen (secondary N) is 2. The largest absolute Gasteiger partial charge is 0.417 e. The van der Waals surface area contributed by atoms with E-state index in [1.54, 1.807) is 43.3 Å². The van der Waals surface area contributed by atoms with Crippen molar-refractivity contribution in [2.24, 2.45) is 0 Å². The maximum absolute atomic E-state index is 13.2. The fraction of sp³-hybridized carbons (Fsp3) is 0.0909. The van der Waals surface area contributed by atoms with Gasteiger partial charge in [0.1, 0.15) is 0 Å². The van der Waals surface area contributed by atoms with Crippen molar-refractivity contribution in [2.75, 3.05) is 16.2 Å². The van der Waals surface area contributed by atoms with Crippen LogP contribution in [0.3, 0.4) is 0 Å². The van der Waals surface area contributed by atoms with Crippen molar-refractivity contribution in [2.45, 2.75) is 11.8 Å². The summed E-state index contributed by atoms with van der Waals surface area (Å²) in [6.07, 6.45) is 0. The van der Waals surface area contributed by atoms with Crippen molar-refractivity contribution in [3.63, 3.8) is 0 Å². The first kappa shape index (κ1) is 20.4. The number of aromatic nitrogens is 1. The molecule has 4 rings (SSSR count). The SMILES string of the molecule is CCN(c1ccccc1)S(=O)(=O)c1cccc(NC(=O)c2ccc3oc(=O)[nH]c3c2)c1. The highest BCUT2D eigenvalue weighted by Gasteiger charge is 2.24. The van der Waals surface area contributed by atoms with Crippen LogP contribution in [0.15, 0.2) is 86.9 Å². The van der Waals surface area contributed by atoms with E-state index in [1.807, 2.05) is 6.07 Å². The molecule has 0 radical (unpaired) electrons. The van der Waals surface area contributed by atoms with Crippen molar-refractivity contribution in [1.29, 1.82) is 0 Å². The number of carbonyl (C=O) groups excluding carboxylic acids is 1. The molecule has 8 nitrogen and oxygen atoms in total. The molecule has 0 saturated heterocycles. The van der Waals surface area contributed by atoms with E-state index in [2.05, 4.69) is 10.3 Å². The van der Waals surface area contributed by atoms with Gasteiger partial charge in [-0.15, -0.1) is 0 Å². The molecule has 9 heteroatoms. The summed E-state index contributed by atoms with van der Waals surface area (Å²) in [7, 11) is -3.82. The number of H-pyrrole nitrogens is 1. The molecule has 1 aromatic heterocycles. The van der Waals surface area contributed by atoms with E-state index in [4.69, 9.17) is 4.42 Å². The third-order valence-corrected chi connectivity index (χ3v) is 6.59. The van der Waals surface area contributed by atoms with Crippen LogP contribution in [0.4, 0.5) is 11.4 Å². The number of benzene rings is 3. The second kappa shape index (κ2) is 8.11. The lowest BCUT2D eigenvalue weighted by atomic mass is 10.2. The Kier molecular flexibility index (Phi) is 5.35. The van der Waals surface area contributed by atoms with Crippen LogP contribution < -0.4 is 15.4 Å². The molecular formula is C22H19N3O5S. The lowest BCUT2D eigenvalue weighted by Gasteiger charge is -2.23. The highest BCUT2D eigenvalue weighted by molar-refractivity contribution is 7.92. The molecule has 0 aliphatic rings. The quantitative estimate of drug-likeness (QED) is 0.479. The van der Waals surface area contributed by atoms with Crippen molar-refractivity contribution in [3.05, 3.63) is 88.9 Å². The molecule has 0 saturated carbocycles. The number of oxazole rings is 1. The minimum atomic E-state index is -3.82. The number of aromatic amines is 1. The lowest BCUT2D eigenvalue weighted by molar-refractivity contribution is 0.102. The molecule has 0 fully saturated rings. The van der Waals surface area contributed by atoms with Gasteiger partial charge in [-0.2, -0.15) is 0 Å². The first-order valence-electron chi connectivity index (χ1n) is 9.50. The zero-order chi connectivity index (χ0) is 22.0. The van der Waals surface area contributed by atoms with Gasteiger partial charge in [0.05, 0.1) is 16.1 Å². The standard InChI is InChI=1S/C22H19N3O5S/c1-2-25(17-8-4-3-5-9-17)31(28,29)18-10-6-7-16(14-18)23-21(26)15-11-12-20-19(13-15)24-22(27)30-20/h3-14H,2H2,1H3,(H,23,26)(H,24,27). The van der Waals surface area contributed by atoms with Crippen LogP contribution in [0.1, 0.15) is 17.3 Å². The minimum absolute atomic E-state index is 0.0608. The first-order chi connectivity index (χ1) is 14.9. The molecule has 158 valence electrons. The molecule has 1 amide bonds. The number of amides is 1. The molecule has 0 spiro atoms. The Morgan fingerprint density at radius 2 is 1.81 bits per heavy atom. The Morgan fingerprint density at radius 1 is 1.03 bits per heavy atom. The van der Waals surface area contributed by atoms with Crippen LogP contribution in [-0.4, -0.2) is 25.9 Å². The van der Waals surface area contributed by atoms with E-state index in [9.17, 15) is 18.0 Å². The van der Waals surface area contributed by atoms with Gasteiger partial charge in [0, 0.05) is 17.8 Å². The van der Waals surface area contributed by atoms with E-state index in [0.29, 0.717) is 22.5 Å². The van der Waals surface area contributed by atoms with Gasteiger partial charge in [-0.1, -0.05) is 24.3 Å². The zero-order valence-electron chi connectivity index (χ0n) is 16.5. The van der Waals surface area contributed by atoms with Crippen LogP contribution in [0.2, 0.25) is 0 Å². The lowest BCUT2D eigenvalue weighted by Crippen LogP contribution is -2.30. The van der Waals surface area contributed by atoms with Gasteiger partial charge in [0.25, 0.3) is 15.9 Å². The van der Waals surface area contributed by atoms with Gasteiger partial charge >= 0.3 is 5.76 Å². The number of para-hydroxylation sites is 1. The smallest absolute Gasteiger partial charge is 0.408 e. The van der Waals surface area contributed by atoms with Gasteiger partial charge in [-0.25, -0.2) is 13.2 Å². The van der Waals surface area contributed by atoms with E-state index in [1.165, 1.54) is 34.6 Å². The molecule has 4 aromatic rings. The van der Waals surface area contributed by atoms with Gasteiger partial charge < -0.3 is 9.73 Å². The number of rotatable bonds is 6. The number of hydrogen-bond donors (Lipinski definition) is 2. The molecular weight excluding hydrogens is 418 g/mol. The maximum atomic E-state index is 13.2. The van der Waals surface area contributed by atoms with Crippen LogP contribution in [-0.2, 0) is 10.0 Å². The predicted octanol–water partition coefficient (Wildman–Crippen LogP) is 3.59. The maximum Gasteiger partial charge on any atom is 0.417 e. The Balaban J connectivity index is 1.61. The average molecular weight is 437 g/mol. The summed E-state index contributed by atoms with van der Waals surface area (Å²) >= 11 is 0. The van der Waals surface area contributed by atoms with Crippen LogP contribution in [0.25, 0.3) is 11.1 Å². The molecule has 0 bridgehead atoms. The summed E-state index contributed by atoms with van der Waals surface area (Å²) in [6.45, 7) is 2.01. The van der Waals surface area contributed by atoms with E-state index in [-0.39, 0.29) is 17.0 Å². The molecule has 0 aliphatic heterocycles. The summed E-state index contributed by atoms with van der Waals surface area (Å²) in [5, 5.41) is 2.69. The fourth-order valence-electron chi connectivity index (χ4n) is 3.24. The summed E-state index contributed by atoms with van der Waals surface area (Å²) in [6, 6.07) is 19.4. The van der Waals surface area contributed by atoms with Crippen LogP contribution >= 0.6 is 0 Å². The second-order valence-electron chi connectivity index (χ2n) is 6.71. The van der Waals surface area contributed by atoms with E-state index < -0.39 is 21.7 Å². The van der Waals surface area contributed by atoms with Gasteiger partial charge in [0.15, 0.2) is 5.58 Å². The summed E-state index contributed by atoms with van der Waals surface area (Å²) < 4.78 is 32.6. The Morgan fingerprint density at radius 3 is 2.55 bits per heavy atom. The van der Waals surface area contributed by atoms with Crippen LogP contribution in [0.5, 0.6) is 0 Å².